The summed E-state index contributed by atoms with van der Waals surface area (Å²) in [5.41, 5.74) is -1.43. The summed E-state index contributed by atoms with van der Waals surface area (Å²) >= 11 is 0. The van der Waals surface area contributed by atoms with E-state index in [1.165, 1.54) is 38.1 Å². The first-order valence-corrected chi connectivity index (χ1v) is 12.2. The molecule has 0 heterocycles. The van der Waals surface area contributed by atoms with Crippen LogP contribution in [0, 0.1) is 11.8 Å². The van der Waals surface area contributed by atoms with Gasteiger partial charge in [0.05, 0.1) is 29.4 Å². The summed E-state index contributed by atoms with van der Waals surface area (Å²) < 4.78 is 0. The SMILES string of the molecule is CN(C)CC(=O)Nc1ccc2c(c1O)C(=O)C1=C(O)[C@]3(O)C(=O)C(C(N)=O)=C(O)[C@@H](N(C)C)[C@@H]3C[C@@H]1[C@]2(C)O. The van der Waals surface area contributed by atoms with Gasteiger partial charge in [-0.1, -0.05) is 6.07 Å². The van der Waals surface area contributed by atoms with Crippen LogP contribution < -0.4 is 11.1 Å². The number of amides is 2. The van der Waals surface area contributed by atoms with Gasteiger partial charge >= 0.3 is 0 Å². The molecule has 0 aromatic heterocycles. The maximum atomic E-state index is 13.8. The monoisotopic (exact) mass is 544 g/mol. The number of hydrogen-bond donors (Lipinski definition) is 7. The molecule has 39 heavy (non-hydrogen) atoms. The third-order valence-electron chi connectivity index (χ3n) is 7.89. The van der Waals surface area contributed by atoms with Crippen molar-refractivity contribution in [1.29, 1.82) is 0 Å². The highest BCUT2D eigenvalue weighted by Crippen LogP contribution is 2.57. The number of carbonyl (C=O) groups is 4. The van der Waals surface area contributed by atoms with Crippen LogP contribution in [-0.4, -0.2) is 105 Å². The Morgan fingerprint density at radius 3 is 2.26 bits per heavy atom. The van der Waals surface area contributed by atoms with Gasteiger partial charge < -0.3 is 41.5 Å². The van der Waals surface area contributed by atoms with Gasteiger partial charge in [-0.15, -0.1) is 0 Å². The third-order valence-corrected chi connectivity index (χ3v) is 7.89. The van der Waals surface area contributed by atoms with Gasteiger partial charge in [0.1, 0.15) is 17.1 Å². The summed E-state index contributed by atoms with van der Waals surface area (Å²) in [5, 5.41) is 59.1. The molecular formula is C26H32N4O9. The number of phenols is 1. The maximum Gasteiger partial charge on any atom is 0.255 e. The molecule has 3 aliphatic rings. The summed E-state index contributed by atoms with van der Waals surface area (Å²) in [6.07, 6.45) is -0.277. The lowest BCUT2D eigenvalue weighted by Crippen LogP contribution is -2.65. The minimum Gasteiger partial charge on any atom is -0.510 e. The molecule has 13 heteroatoms. The lowest BCUT2D eigenvalue weighted by molar-refractivity contribution is -0.152. The van der Waals surface area contributed by atoms with Crippen LogP contribution in [0.1, 0.15) is 29.3 Å². The second-order valence-electron chi connectivity index (χ2n) is 10.9. The van der Waals surface area contributed by atoms with E-state index in [0.29, 0.717) is 0 Å². The molecule has 0 saturated carbocycles. The Bertz CT molecular complexity index is 1380. The zero-order chi connectivity index (χ0) is 29.4. The first kappa shape index (κ1) is 28.2. The van der Waals surface area contributed by atoms with Crippen LogP contribution >= 0.6 is 0 Å². The first-order chi connectivity index (χ1) is 18.0. The minimum absolute atomic E-state index is 0.00345. The van der Waals surface area contributed by atoms with Crippen molar-refractivity contribution in [2.24, 2.45) is 17.6 Å². The van der Waals surface area contributed by atoms with Crippen molar-refractivity contribution in [3.8, 4) is 5.75 Å². The number of anilines is 1. The quantitative estimate of drug-likeness (QED) is 0.181. The number of carbonyl (C=O) groups excluding carboxylic acids is 4. The number of aliphatic hydroxyl groups is 4. The van der Waals surface area contributed by atoms with Gasteiger partial charge in [-0.25, -0.2) is 0 Å². The van der Waals surface area contributed by atoms with Gasteiger partial charge in [0, 0.05) is 17.4 Å². The highest BCUT2D eigenvalue weighted by molar-refractivity contribution is 6.25. The van der Waals surface area contributed by atoms with E-state index in [9.17, 15) is 44.7 Å². The zero-order valence-corrected chi connectivity index (χ0v) is 22.1. The summed E-state index contributed by atoms with van der Waals surface area (Å²) in [7, 11) is 6.34. The fourth-order valence-corrected chi connectivity index (χ4v) is 6.13. The molecule has 3 aliphatic carbocycles. The van der Waals surface area contributed by atoms with Gasteiger partial charge in [0.2, 0.25) is 11.7 Å². The molecule has 2 amide bonds. The number of nitrogens with zero attached hydrogens (tertiary/aromatic N) is 2. The molecule has 0 radical (unpaired) electrons. The molecule has 210 valence electrons. The summed E-state index contributed by atoms with van der Waals surface area (Å²) in [6, 6.07) is 1.51. The lowest BCUT2D eigenvalue weighted by Gasteiger charge is -2.52. The molecule has 0 saturated heterocycles. The number of nitrogens with two attached hydrogens (primary N) is 1. The molecular weight excluding hydrogens is 512 g/mol. The van der Waals surface area contributed by atoms with Crippen LogP contribution in [0.4, 0.5) is 5.69 Å². The second-order valence-corrected chi connectivity index (χ2v) is 10.9. The first-order valence-electron chi connectivity index (χ1n) is 12.2. The number of aromatic hydroxyl groups is 1. The minimum atomic E-state index is -2.84. The van der Waals surface area contributed by atoms with Crippen molar-refractivity contribution < 1.29 is 44.7 Å². The van der Waals surface area contributed by atoms with Gasteiger partial charge in [-0.05, 0) is 53.2 Å². The molecule has 1 aromatic rings. The highest BCUT2D eigenvalue weighted by atomic mass is 16.3. The van der Waals surface area contributed by atoms with Gasteiger partial charge in [0.25, 0.3) is 5.91 Å². The zero-order valence-electron chi connectivity index (χ0n) is 22.1. The molecule has 0 bridgehead atoms. The Morgan fingerprint density at radius 2 is 1.72 bits per heavy atom. The molecule has 13 nitrogen and oxygen atoms in total. The molecule has 0 aliphatic heterocycles. The highest BCUT2D eigenvalue weighted by Gasteiger charge is 2.65. The van der Waals surface area contributed by atoms with E-state index in [2.05, 4.69) is 5.32 Å². The standard InChI is InChI=1S/C26H32N4O9/c1-25(38)10-6-7-13(28-14(31)9-29(2)3)19(32)15(10)20(33)16-11(25)8-12-18(30(4)5)21(34)17(24(27)37)23(36)26(12,39)22(16)35/h6-7,11-12,18,32,34-35,38-39H,8-9H2,1-5H3,(H2,27,37)(H,28,31)/t11-,12-,18-,25+,26-/m0/s1. The average Bonchev–Trinajstić information content (AvgIpc) is 2.80. The van der Waals surface area contributed by atoms with Crippen molar-refractivity contribution in [3.63, 3.8) is 0 Å². The third kappa shape index (κ3) is 3.92. The lowest BCUT2D eigenvalue weighted by atomic mass is 9.55. The number of benzene rings is 1. The van der Waals surface area contributed by atoms with Crippen molar-refractivity contribution >= 4 is 29.1 Å². The van der Waals surface area contributed by atoms with E-state index in [-0.39, 0.29) is 24.2 Å². The molecule has 5 atom stereocenters. The number of phenolic OH excluding ortho intramolecular Hbond substituents is 1. The van der Waals surface area contributed by atoms with Crippen LogP contribution in [-0.2, 0) is 20.0 Å². The number of Topliss-reactive ketones (excluding diaryl/α,β-unsaturated/α-hetero) is 2. The van der Waals surface area contributed by atoms with Crippen LogP contribution in [0.2, 0.25) is 0 Å². The largest absolute Gasteiger partial charge is 0.510 e. The predicted molar refractivity (Wildman–Crippen MR) is 137 cm³/mol. The van der Waals surface area contributed by atoms with Crippen LogP contribution in [0.3, 0.4) is 0 Å². The van der Waals surface area contributed by atoms with Crippen molar-refractivity contribution in [1.82, 2.24) is 9.80 Å². The molecule has 1 aromatic carbocycles. The Kier molecular flexibility index (Phi) is 6.63. The number of aliphatic hydroxyl groups excluding tert-OH is 2. The van der Waals surface area contributed by atoms with Crippen molar-refractivity contribution in [2.75, 3.05) is 40.1 Å². The summed E-state index contributed by atoms with van der Waals surface area (Å²) in [5.74, 6) is -9.15. The van der Waals surface area contributed by atoms with Crippen LogP contribution in [0.15, 0.2) is 34.8 Å². The number of rotatable bonds is 5. The van der Waals surface area contributed by atoms with Crippen LogP contribution in [0.25, 0.3) is 0 Å². The average molecular weight is 545 g/mol. The van der Waals surface area contributed by atoms with Gasteiger partial charge in [0.15, 0.2) is 17.1 Å². The Hall–Kier alpha value is -3.78. The molecule has 0 unspecified atom stereocenters. The fraction of sp³-hybridized carbons (Fsp3) is 0.462. The number of ketones is 2. The Labute approximate surface area is 223 Å². The van der Waals surface area contributed by atoms with Crippen molar-refractivity contribution in [2.45, 2.75) is 30.6 Å². The van der Waals surface area contributed by atoms with E-state index < -0.39 is 86.4 Å². The molecule has 8 N–H and O–H groups in total. The topological polar surface area (TPSA) is 214 Å². The number of primary amides is 1. The van der Waals surface area contributed by atoms with E-state index in [4.69, 9.17) is 5.73 Å². The predicted octanol–water partition coefficient (Wildman–Crippen LogP) is -0.714. The molecule has 4 rings (SSSR count). The maximum absolute atomic E-state index is 13.8. The summed E-state index contributed by atoms with van der Waals surface area (Å²) in [4.78, 5) is 54.6. The molecule has 0 fully saturated rings. The number of likely N-dealkylation sites (N-methyl/N-ethyl adjacent to an activating group) is 2. The fourth-order valence-electron chi connectivity index (χ4n) is 6.13. The number of fused-ring (bicyclic) bond motifs is 3. The Morgan fingerprint density at radius 1 is 1.10 bits per heavy atom. The van der Waals surface area contributed by atoms with E-state index in [1.807, 2.05) is 0 Å². The van der Waals surface area contributed by atoms with E-state index >= 15 is 0 Å². The second kappa shape index (κ2) is 9.16. The summed E-state index contributed by atoms with van der Waals surface area (Å²) in [6.45, 7) is 1.33. The van der Waals surface area contributed by atoms with E-state index in [0.717, 1.165) is 0 Å². The number of nitrogens with one attached hydrogen (secondary N) is 1. The van der Waals surface area contributed by atoms with Gasteiger partial charge in [-0.2, -0.15) is 0 Å². The normalized spacial score (nSPS) is 30.3. The smallest absolute Gasteiger partial charge is 0.255 e. The Balaban J connectivity index is 1.94. The number of hydrogen-bond acceptors (Lipinski definition) is 11. The van der Waals surface area contributed by atoms with Gasteiger partial charge in [-0.3, -0.25) is 24.1 Å². The van der Waals surface area contributed by atoms with E-state index in [1.54, 1.807) is 19.0 Å². The molecule has 0 spiro atoms. The van der Waals surface area contributed by atoms with Crippen LogP contribution in [0.5, 0.6) is 5.75 Å². The van der Waals surface area contributed by atoms with Crippen molar-refractivity contribution in [3.05, 3.63) is 45.9 Å².